The van der Waals surface area contributed by atoms with Crippen molar-refractivity contribution in [2.75, 3.05) is 45.1 Å². The Balaban J connectivity index is 1.34. The molecule has 0 spiro atoms. The minimum Gasteiger partial charge on any atom is -0.350 e. The van der Waals surface area contributed by atoms with E-state index in [-0.39, 0.29) is 18.1 Å². The Hall–Kier alpha value is -1.57. The molecule has 3 heterocycles. The zero-order valence-corrected chi connectivity index (χ0v) is 17.0. The van der Waals surface area contributed by atoms with Crippen LogP contribution in [0.4, 0.5) is 0 Å². The number of carbonyl (C=O) groups excluding carboxylic acids is 2. The first-order valence-corrected chi connectivity index (χ1v) is 11.2. The van der Waals surface area contributed by atoms with Gasteiger partial charge in [-0.3, -0.25) is 9.59 Å². The quantitative estimate of drug-likeness (QED) is 0.706. The van der Waals surface area contributed by atoms with Crippen molar-refractivity contribution in [2.45, 2.75) is 36.9 Å². The van der Waals surface area contributed by atoms with E-state index >= 15 is 0 Å². The minimum absolute atomic E-state index is 0.0587. The van der Waals surface area contributed by atoms with E-state index in [9.17, 15) is 9.59 Å². The van der Waals surface area contributed by atoms with E-state index in [4.69, 9.17) is 9.47 Å². The number of nitrogens with zero attached hydrogens (tertiary/aromatic N) is 2. The molecule has 0 radical (unpaired) electrons. The minimum atomic E-state index is -0.100. The molecule has 1 aromatic carbocycles. The maximum Gasteiger partial charge on any atom is 0.254 e. The summed E-state index contributed by atoms with van der Waals surface area (Å²) in [6, 6.07) is 7.65. The molecule has 2 amide bonds. The molecular formula is C21H28N2O4S. The third-order valence-electron chi connectivity index (χ3n) is 5.79. The van der Waals surface area contributed by atoms with Crippen LogP contribution in [0.1, 0.15) is 36.0 Å². The van der Waals surface area contributed by atoms with Crippen molar-refractivity contribution in [1.82, 2.24) is 9.80 Å². The Kier molecular flexibility index (Phi) is 6.54. The molecular weight excluding hydrogens is 376 g/mol. The number of hydrogen-bond donors (Lipinski definition) is 0. The van der Waals surface area contributed by atoms with Gasteiger partial charge < -0.3 is 19.3 Å². The third kappa shape index (κ3) is 4.53. The van der Waals surface area contributed by atoms with Gasteiger partial charge in [0.1, 0.15) is 0 Å². The lowest BCUT2D eigenvalue weighted by molar-refractivity contribution is -0.127. The zero-order valence-electron chi connectivity index (χ0n) is 16.2. The van der Waals surface area contributed by atoms with Gasteiger partial charge in [0.25, 0.3) is 5.91 Å². The topological polar surface area (TPSA) is 59.1 Å². The molecule has 1 aromatic rings. The predicted octanol–water partition coefficient (Wildman–Crippen LogP) is 2.63. The fourth-order valence-corrected chi connectivity index (χ4v) is 5.11. The second kappa shape index (κ2) is 9.29. The normalized spacial score (nSPS) is 21.4. The summed E-state index contributed by atoms with van der Waals surface area (Å²) in [5.74, 6) is 0.989. The summed E-state index contributed by atoms with van der Waals surface area (Å²) < 4.78 is 11.2. The van der Waals surface area contributed by atoms with E-state index < -0.39 is 0 Å². The Morgan fingerprint density at radius 3 is 2.36 bits per heavy atom. The maximum atomic E-state index is 13.1. The molecule has 0 aromatic heterocycles. The number of carbonyl (C=O) groups is 2. The number of hydrogen-bond acceptors (Lipinski definition) is 5. The molecule has 0 saturated carbocycles. The number of rotatable bonds is 5. The Bertz CT molecular complexity index is 693. The van der Waals surface area contributed by atoms with Gasteiger partial charge in [0.2, 0.25) is 5.91 Å². The van der Waals surface area contributed by atoms with Crippen LogP contribution in [-0.2, 0) is 14.3 Å². The molecule has 3 aliphatic heterocycles. The number of amides is 2. The summed E-state index contributed by atoms with van der Waals surface area (Å²) in [4.78, 5) is 30.2. The summed E-state index contributed by atoms with van der Waals surface area (Å²) in [5.41, 5.74) is 0.702. The van der Waals surface area contributed by atoms with Crippen molar-refractivity contribution >= 4 is 23.6 Å². The van der Waals surface area contributed by atoms with Gasteiger partial charge in [0, 0.05) is 37.0 Å². The third-order valence-corrected chi connectivity index (χ3v) is 6.84. The van der Waals surface area contributed by atoms with Gasteiger partial charge in [-0.05, 0) is 37.8 Å². The number of piperidine rings is 1. The second-order valence-electron chi connectivity index (χ2n) is 7.61. The fourth-order valence-electron chi connectivity index (χ4n) is 4.16. The SMILES string of the molecule is O=C(CSc1ccccc1C(=O)N1CCC(C2OCCO2)CC1)N1CCCC1. The van der Waals surface area contributed by atoms with Crippen molar-refractivity contribution in [3.8, 4) is 0 Å². The summed E-state index contributed by atoms with van der Waals surface area (Å²) in [7, 11) is 0. The van der Waals surface area contributed by atoms with Crippen LogP contribution >= 0.6 is 11.8 Å². The largest absolute Gasteiger partial charge is 0.350 e. The molecule has 3 saturated heterocycles. The Labute approximate surface area is 170 Å². The summed E-state index contributed by atoms with van der Waals surface area (Å²) in [5, 5.41) is 0. The van der Waals surface area contributed by atoms with Gasteiger partial charge in [-0.25, -0.2) is 0 Å². The molecule has 6 nitrogen and oxygen atoms in total. The molecule has 152 valence electrons. The molecule has 7 heteroatoms. The zero-order chi connectivity index (χ0) is 19.3. The molecule has 3 fully saturated rings. The van der Waals surface area contributed by atoms with Crippen molar-refractivity contribution in [1.29, 1.82) is 0 Å². The molecule has 0 aliphatic carbocycles. The van der Waals surface area contributed by atoms with Gasteiger partial charge in [-0.1, -0.05) is 12.1 Å². The first kappa shape index (κ1) is 19.7. The Morgan fingerprint density at radius 2 is 1.64 bits per heavy atom. The van der Waals surface area contributed by atoms with Crippen LogP contribution in [0.3, 0.4) is 0 Å². The lowest BCUT2D eigenvalue weighted by atomic mass is 9.95. The summed E-state index contributed by atoms with van der Waals surface area (Å²) in [6.45, 7) is 4.51. The first-order valence-electron chi connectivity index (χ1n) is 10.2. The first-order chi connectivity index (χ1) is 13.7. The summed E-state index contributed by atoms with van der Waals surface area (Å²) in [6.07, 6.45) is 3.89. The van der Waals surface area contributed by atoms with Gasteiger partial charge in [-0.2, -0.15) is 0 Å². The second-order valence-corrected chi connectivity index (χ2v) is 8.63. The van der Waals surface area contributed by atoms with E-state index in [0.29, 0.717) is 30.4 Å². The van der Waals surface area contributed by atoms with Crippen LogP contribution in [0.25, 0.3) is 0 Å². The molecule has 4 rings (SSSR count). The Morgan fingerprint density at radius 1 is 0.964 bits per heavy atom. The molecule has 0 unspecified atom stereocenters. The van der Waals surface area contributed by atoms with E-state index in [1.807, 2.05) is 34.1 Å². The van der Waals surface area contributed by atoms with E-state index in [2.05, 4.69) is 0 Å². The van der Waals surface area contributed by atoms with Gasteiger partial charge in [-0.15, -0.1) is 11.8 Å². The average Bonchev–Trinajstić information content (AvgIpc) is 3.46. The van der Waals surface area contributed by atoms with Crippen LogP contribution in [0.15, 0.2) is 29.2 Å². The highest BCUT2D eigenvalue weighted by Gasteiger charge is 2.32. The monoisotopic (exact) mass is 404 g/mol. The molecule has 0 atom stereocenters. The van der Waals surface area contributed by atoms with Gasteiger partial charge in [0.15, 0.2) is 6.29 Å². The number of likely N-dealkylation sites (tertiary alicyclic amines) is 2. The van der Waals surface area contributed by atoms with Crippen LogP contribution in [-0.4, -0.2) is 73.0 Å². The lowest BCUT2D eigenvalue weighted by Crippen LogP contribution is -2.41. The molecule has 0 bridgehead atoms. The fraction of sp³-hybridized carbons (Fsp3) is 0.619. The van der Waals surface area contributed by atoms with Gasteiger partial charge in [0.05, 0.1) is 24.5 Å². The summed E-state index contributed by atoms with van der Waals surface area (Å²) >= 11 is 1.48. The van der Waals surface area contributed by atoms with E-state index in [0.717, 1.165) is 56.8 Å². The molecule has 0 N–H and O–H groups in total. The average molecular weight is 405 g/mol. The van der Waals surface area contributed by atoms with Crippen LogP contribution < -0.4 is 0 Å². The standard InChI is InChI=1S/C21H28N2O4S/c24-19(22-9-3-4-10-22)15-28-18-6-2-1-5-17(18)20(25)23-11-7-16(8-12-23)21-26-13-14-27-21/h1-2,5-6,16,21H,3-4,7-15H2. The van der Waals surface area contributed by atoms with Gasteiger partial charge >= 0.3 is 0 Å². The molecule has 3 aliphatic rings. The van der Waals surface area contributed by atoms with Crippen molar-refractivity contribution in [2.24, 2.45) is 5.92 Å². The highest BCUT2D eigenvalue weighted by molar-refractivity contribution is 8.00. The van der Waals surface area contributed by atoms with E-state index in [1.54, 1.807) is 0 Å². The smallest absolute Gasteiger partial charge is 0.254 e. The number of thioether (sulfide) groups is 1. The van der Waals surface area contributed by atoms with Crippen LogP contribution in [0.5, 0.6) is 0 Å². The predicted molar refractivity (Wildman–Crippen MR) is 107 cm³/mol. The number of ether oxygens (including phenoxy) is 2. The van der Waals surface area contributed by atoms with Crippen LogP contribution in [0, 0.1) is 5.92 Å². The van der Waals surface area contributed by atoms with E-state index in [1.165, 1.54) is 11.8 Å². The lowest BCUT2D eigenvalue weighted by Gasteiger charge is -2.34. The highest BCUT2D eigenvalue weighted by Crippen LogP contribution is 2.29. The highest BCUT2D eigenvalue weighted by atomic mass is 32.2. The van der Waals surface area contributed by atoms with Crippen molar-refractivity contribution in [3.05, 3.63) is 29.8 Å². The molecule has 28 heavy (non-hydrogen) atoms. The number of benzene rings is 1. The van der Waals surface area contributed by atoms with Crippen molar-refractivity contribution in [3.63, 3.8) is 0 Å². The van der Waals surface area contributed by atoms with Crippen molar-refractivity contribution < 1.29 is 19.1 Å². The van der Waals surface area contributed by atoms with Crippen LogP contribution in [0.2, 0.25) is 0 Å². The maximum absolute atomic E-state index is 13.1.